The maximum atomic E-state index is 12.0. The highest BCUT2D eigenvalue weighted by Crippen LogP contribution is 2.12. The third kappa shape index (κ3) is 4.09. The van der Waals surface area contributed by atoms with Gasteiger partial charge in [-0.25, -0.2) is 13.2 Å². The standard InChI is InChI=1S/C11H15NO6S/c1-7(6-19(3,16)17)12(2)10(13)8-4-5-9(18-8)11(14)15/h4-5,7H,6H2,1-3H3,(H,14,15). The predicted molar refractivity (Wildman–Crippen MR) is 66.9 cm³/mol. The third-order valence-corrected chi connectivity index (χ3v) is 3.64. The van der Waals surface area contributed by atoms with Gasteiger partial charge in [0.25, 0.3) is 5.91 Å². The van der Waals surface area contributed by atoms with Gasteiger partial charge in [-0.1, -0.05) is 0 Å². The van der Waals surface area contributed by atoms with Crippen molar-refractivity contribution in [3.05, 3.63) is 23.7 Å². The van der Waals surface area contributed by atoms with Crippen molar-refractivity contribution >= 4 is 21.7 Å². The fourth-order valence-electron chi connectivity index (χ4n) is 1.49. The molecule has 0 aromatic carbocycles. The zero-order valence-electron chi connectivity index (χ0n) is 10.8. The Bertz CT molecular complexity index is 588. The summed E-state index contributed by atoms with van der Waals surface area (Å²) in [5, 5.41) is 8.68. The van der Waals surface area contributed by atoms with E-state index in [0.717, 1.165) is 6.26 Å². The van der Waals surface area contributed by atoms with E-state index in [-0.39, 0.29) is 17.3 Å². The summed E-state index contributed by atoms with van der Waals surface area (Å²) in [6.45, 7) is 1.58. The molecule has 0 bridgehead atoms. The molecule has 0 aliphatic carbocycles. The molecular formula is C11H15NO6S. The lowest BCUT2D eigenvalue weighted by molar-refractivity contribution is 0.0650. The van der Waals surface area contributed by atoms with Gasteiger partial charge in [0.2, 0.25) is 5.76 Å². The van der Waals surface area contributed by atoms with Gasteiger partial charge in [-0.05, 0) is 19.1 Å². The van der Waals surface area contributed by atoms with E-state index < -0.39 is 27.8 Å². The molecule has 0 aliphatic heterocycles. The van der Waals surface area contributed by atoms with E-state index in [4.69, 9.17) is 9.52 Å². The summed E-state index contributed by atoms with van der Waals surface area (Å²) >= 11 is 0. The second kappa shape index (κ2) is 5.43. The molecule has 0 saturated carbocycles. The highest BCUT2D eigenvalue weighted by molar-refractivity contribution is 7.90. The van der Waals surface area contributed by atoms with Crippen molar-refractivity contribution in [3.63, 3.8) is 0 Å². The average molecular weight is 289 g/mol. The number of carbonyl (C=O) groups is 2. The molecule has 7 nitrogen and oxygen atoms in total. The van der Waals surface area contributed by atoms with Gasteiger partial charge in [-0.15, -0.1) is 0 Å². The van der Waals surface area contributed by atoms with Crippen LogP contribution < -0.4 is 0 Å². The van der Waals surface area contributed by atoms with Crippen molar-refractivity contribution < 1.29 is 27.5 Å². The number of carboxylic acid groups (broad SMARTS) is 1. The van der Waals surface area contributed by atoms with Crippen LogP contribution in [0.2, 0.25) is 0 Å². The fourth-order valence-corrected chi connectivity index (χ4v) is 2.59. The molecule has 1 unspecified atom stereocenters. The summed E-state index contributed by atoms with van der Waals surface area (Å²) in [6.07, 6.45) is 1.08. The Hall–Kier alpha value is -1.83. The first-order valence-corrected chi connectivity index (χ1v) is 7.46. The van der Waals surface area contributed by atoms with E-state index in [1.165, 1.54) is 24.1 Å². The first-order chi connectivity index (χ1) is 8.61. The summed E-state index contributed by atoms with van der Waals surface area (Å²) in [5.74, 6) is -2.50. The van der Waals surface area contributed by atoms with Gasteiger partial charge in [0, 0.05) is 19.3 Å². The summed E-state index contributed by atoms with van der Waals surface area (Å²) < 4.78 is 27.2. The van der Waals surface area contributed by atoms with Crippen molar-refractivity contribution in [3.8, 4) is 0 Å². The molecule has 1 heterocycles. The molecule has 8 heteroatoms. The quantitative estimate of drug-likeness (QED) is 0.845. The van der Waals surface area contributed by atoms with Crippen molar-refractivity contribution in [2.45, 2.75) is 13.0 Å². The van der Waals surface area contributed by atoms with Gasteiger partial charge in [0.05, 0.1) is 5.75 Å². The van der Waals surface area contributed by atoms with Crippen LogP contribution >= 0.6 is 0 Å². The number of carbonyl (C=O) groups excluding carboxylic acids is 1. The van der Waals surface area contributed by atoms with Crippen LogP contribution in [0.15, 0.2) is 16.5 Å². The molecule has 0 radical (unpaired) electrons. The van der Waals surface area contributed by atoms with Gasteiger partial charge < -0.3 is 14.4 Å². The van der Waals surface area contributed by atoms with Crippen LogP contribution in [-0.4, -0.2) is 55.4 Å². The Kier molecular flexibility index (Phi) is 4.35. The normalized spacial score (nSPS) is 13.0. The maximum absolute atomic E-state index is 12.0. The van der Waals surface area contributed by atoms with E-state index in [9.17, 15) is 18.0 Å². The molecule has 0 saturated heterocycles. The highest BCUT2D eigenvalue weighted by atomic mass is 32.2. The fraction of sp³-hybridized carbons (Fsp3) is 0.455. The van der Waals surface area contributed by atoms with Crippen LogP contribution in [0.4, 0.5) is 0 Å². The van der Waals surface area contributed by atoms with E-state index in [1.807, 2.05) is 0 Å². The summed E-state index contributed by atoms with van der Waals surface area (Å²) in [6, 6.07) is 1.88. The smallest absolute Gasteiger partial charge is 0.371 e. The Morgan fingerprint density at radius 2 is 1.89 bits per heavy atom. The average Bonchev–Trinajstić information content (AvgIpc) is 2.73. The van der Waals surface area contributed by atoms with Gasteiger partial charge >= 0.3 is 5.97 Å². The molecule has 106 valence electrons. The van der Waals surface area contributed by atoms with Crippen molar-refractivity contribution in [1.82, 2.24) is 4.90 Å². The Balaban J connectivity index is 2.84. The molecule has 0 spiro atoms. The molecule has 1 aromatic heterocycles. The summed E-state index contributed by atoms with van der Waals surface area (Å²) in [7, 11) is -1.78. The lowest BCUT2D eigenvalue weighted by atomic mass is 10.3. The van der Waals surface area contributed by atoms with Crippen LogP contribution in [0.1, 0.15) is 28.0 Å². The summed E-state index contributed by atoms with van der Waals surface area (Å²) in [4.78, 5) is 23.8. The number of nitrogens with zero attached hydrogens (tertiary/aromatic N) is 1. The minimum absolute atomic E-state index is 0.139. The second-order valence-corrected chi connectivity index (χ2v) is 6.51. The van der Waals surface area contributed by atoms with Crippen LogP contribution in [0, 0.1) is 0 Å². The van der Waals surface area contributed by atoms with Gasteiger partial charge in [0.1, 0.15) is 9.84 Å². The van der Waals surface area contributed by atoms with Gasteiger partial charge in [0.15, 0.2) is 5.76 Å². The number of furan rings is 1. The number of aromatic carboxylic acids is 1. The highest BCUT2D eigenvalue weighted by Gasteiger charge is 2.24. The number of hydrogen-bond donors (Lipinski definition) is 1. The first kappa shape index (κ1) is 15.2. The number of sulfone groups is 1. The molecule has 1 atom stereocenters. The van der Waals surface area contributed by atoms with Crippen LogP contribution in [0.3, 0.4) is 0 Å². The molecular weight excluding hydrogens is 274 g/mol. The molecule has 1 amide bonds. The number of carboxylic acids is 1. The van der Waals surface area contributed by atoms with E-state index in [1.54, 1.807) is 6.92 Å². The second-order valence-electron chi connectivity index (χ2n) is 4.33. The monoisotopic (exact) mass is 289 g/mol. The summed E-state index contributed by atoms with van der Waals surface area (Å²) in [5.41, 5.74) is 0. The van der Waals surface area contributed by atoms with Crippen molar-refractivity contribution in [2.24, 2.45) is 0 Å². The van der Waals surface area contributed by atoms with E-state index >= 15 is 0 Å². The molecule has 1 N–H and O–H groups in total. The Morgan fingerprint density at radius 1 is 1.37 bits per heavy atom. The Morgan fingerprint density at radius 3 is 2.32 bits per heavy atom. The third-order valence-electron chi connectivity index (χ3n) is 2.55. The Labute approximate surface area is 110 Å². The van der Waals surface area contributed by atoms with Gasteiger partial charge in [-0.3, -0.25) is 4.79 Å². The minimum Gasteiger partial charge on any atom is -0.475 e. The lowest BCUT2D eigenvalue weighted by Gasteiger charge is -2.23. The molecule has 0 aliphatic rings. The topological polar surface area (TPSA) is 105 Å². The van der Waals surface area contributed by atoms with E-state index in [2.05, 4.69) is 0 Å². The van der Waals surface area contributed by atoms with Gasteiger partial charge in [-0.2, -0.15) is 0 Å². The number of hydrogen-bond acceptors (Lipinski definition) is 5. The van der Waals surface area contributed by atoms with E-state index in [0.29, 0.717) is 0 Å². The van der Waals surface area contributed by atoms with Crippen molar-refractivity contribution in [2.75, 3.05) is 19.1 Å². The minimum atomic E-state index is -3.21. The first-order valence-electron chi connectivity index (χ1n) is 5.40. The maximum Gasteiger partial charge on any atom is 0.371 e. The largest absolute Gasteiger partial charge is 0.475 e. The SMILES string of the molecule is CC(CS(C)(=O)=O)N(C)C(=O)c1ccc(C(=O)O)o1. The van der Waals surface area contributed by atoms with Crippen molar-refractivity contribution in [1.29, 1.82) is 0 Å². The zero-order valence-corrected chi connectivity index (χ0v) is 11.6. The van der Waals surface area contributed by atoms with Crippen LogP contribution in [-0.2, 0) is 9.84 Å². The molecule has 0 fully saturated rings. The lowest BCUT2D eigenvalue weighted by Crippen LogP contribution is -2.39. The predicted octanol–water partition coefficient (Wildman–Crippen LogP) is 0.483. The molecule has 1 rings (SSSR count). The number of rotatable bonds is 5. The van der Waals surface area contributed by atoms with Crippen LogP contribution in [0.5, 0.6) is 0 Å². The molecule has 1 aromatic rings. The molecule has 19 heavy (non-hydrogen) atoms. The van der Waals surface area contributed by atoms with Crippen LogP contribution in [0.25, 0.3) is 0 Å². The zero-order chi connectivity index (χ0) is 14.8. The number of amides is 1.